The number of hydrogen-bond acceptors (Lipinski definition) is 4. The Hall–Kier alpha value is -1.60. The smallest absolute Gasteiger partial charge is 0.360 e. The van der Waals surface area contributed by atoms with Gasteiger partial charge in [-0.2, -0.15) is 0 Å². The first-order valence-electron chi connectivity index (χ1n) is 6.58. The van der Waals surface area contributed by atoms with Gasteiger partial charge in [-0.3, -0.25) is 0 Å². The summed E-state index contributed by atoms with van der Waals surface area (Å²) in [5.41, 5.74) is 1.58. The molecular weight excluding hydrogens is 416 g/mol. The van der Waals surface area contributed by atoms with Gasteiger partial charge >= 0.3 is 5.97 Å². The highest BCUT2D eigenvalue weighted by Gasteiger charge is 2.22. The Morgan fingerprint density at radius 3 is 2.82 bits per heavy atom. The fraction of sp³-hybridized carbons (Fsp3) is 0.200. The molecule has 1 aromatic carbocycles. The summed E-state index contributed by atoms with van der Waals surface area (Å²) in [5, 5.41) is 11.9. The van der Waals surface area contributed by atoms with Crippen LogP contribution < -0.4 is 0 Å². The predicted molar refractivity (Wildman–Crippen MR) is 91.2 cm³/mol. The SMILES string of the molecule is CCOC(=O)c1ncc2c(c1O)c1cc(Br)cc(Br)c1n2C. The number of aromatic hydroxyl groups is 1. The molecule has 0 spiro atoms. The van der Waals surface area contributed by atoms with Crippen LogP contribution in [0.4, 0.5) is 0 Å². The molecule has 3 aromatic rings. The lowest BCUT2D eigenvalue weighted by Crippen LogP contribution is -2.07. The van der Waals surface area contributed by atoms with Crippen LogP contribution >= 0.6 is 31.9 Å². The quantitative estimate of drug-likeness (QED) is 0.624. The molecule has 0 unspecified atom stereocenters. The van der Waals surface area contributed by atoms with E-state index < -0.39 is 5.97 Å². The molecule has 0 saturated heterocycles. The fourth-order valence-corrected chi connectivity index (χ4v) is 4.07. The summed E-state index contributed by atoms with van der Waals surface area (Å²) < 4.78 is 8.61. The van der Waals surface area contributed by atoms with Crippen LogP contribution in [0.2, 0.25) is 0 Å². The van der Waals surface area contributed by atoms with Gasteiger partial charge in [-0.1, -0.05) is 15.9 Å². The average molecular weight is 428 g/mol. The number of esters is 1. The van der Waals surface area contributed by atoms with Crippen LogP contribution in [-0.2, 0) is 11.8 Å². The van der Waals surface area contributed by atoms with Crippen LogP contribution in [0.15, 0.2) is 27.3 Å². The van der Waals surface area contributed by atoms with Crippen molar-refractivity contribution in [1.82, 2.24) is 9.55 Å². The monoisotopic (exact) mass is 426 g/mol. The van der Waals surface area contributed by atoms with Gasteiger partial charge < -0.3 is 14.4 Å². The van der Waals surface area contributed by atoms with Crippen molar-refractivity contribution in [1.29, 1.82) is 0 Å². The van der Waals surface area contributed by atoms with Crippen LogP contribution in [0.1, 0.15) is 17.4 Å². The highest BCUT2D eigenvalue weighted by Crippen LogP contribution is 2.40. The number of aryl methyl sites for hydroxylation is 1. The zero-order valence-electron chi connectivity index (χ0n) is 11.9. The minimum atomic E-state index is -0.632. The van der Waals surface area contributed by atoms with Gasteiger partial charge in [0.05, 0.1) is 29.2 Å². The summed E-state index contributed by atoms with van der Waals surface area (Å²) >= 11 is 6.98. The molecule has 0 aliphatic heterocycles. The van der Waals surface area contributed by atoms with E-state index >= 15 is 0 Å². The summed E-state index contributed by atoms with van der Waals surface area (Å²) in [6, 6.07) is 3.83. The van der Waals surface area contributed by atoms with E-state index in [1.54, 1.807) is 13.1 Å². The van der Waals surface area contributed by atoms with E-state index in [9.17, 15) is 9.90 Å². The lowest BCUT2D eigenvalue weighted by molar-refractivity contribution is 0.0516. The van der Waals surface area contributed by atoms with Crippen LogP contribution in [0.3, 0.4) is 0 Å². The van der Waals surface area contributed by atoms with Crippen LogP contribution in [0.5, 0.6) is 5.75 Å². The lowest BCUT2D eigenvalue weighted by atomic mass is 10.1. The second kappa shape index (κ2) is 5.55. The Bertz CT molecular complexity index is 918. The van der Waals surface area contributed by atoms with Gasteiger partial charge in [-0.25, -0.2) is 9.78 Å². The van der Waals surface area contributed by atoms with Gasteiger partial charge in [0.15, 0.2) is 11.4 Å². The van der Waals surface area contributed by atoms with E-state index in [1.165, 1.54) is 0 Å². The van der Waals surface area contributed by atoms with E-state index in [-0.39, 0.29) is 18.1 Å². The molecule has 2 aromatic heterocycles. The first-order chi connectivity index (χ1) is 10.5. The molecule has 114 valence electrons. The van der Waals surface area contributed by atoms with Crippen molar-refractivity contribution in [2.45, 2.75) is 6.92 Å². The summed E-state index contributed by atoms with van der Waals surface area (Å²) in [6.45, 7) is 1.93. The lowest BCUT2D eigenvalue weighted by Gasteiger charge is -2.05. The van der Waals surface area contributed by atoms with Crippen LogP contribution in [-0.4, -0.2) is 27.2 Å². The summed E-state index contributed by atoms with van der Waals surface area (Å²) in [6.07, 6.45) is 1.57. The van der Waals surface area contributed by atoms with Crippen LogP contribution in [0, 0.1) is 0 Å². The summed E-state index contributed by atoms with van der Waals surface area (Å²) in [5.74, 6) is -0.792. The number of rotatable bonds is 2. The van der Waals surface area contributed by atoms with E-state index in [0.717, 1.165) is 25.4 Å². The number of hydrogen-bond donors (Lipinski definition) is 1. The van der Waals surface area contributed by atoms with Gasteiger partial charge in [0, 0.05) is 21.4 Å². The van der Waals surface area contributed by atoms with Crippen molar-refractivity contribution in [2.24, 2.45) is 7.05 Å². The van der Waals surface area contributed by atoms with E-state index in [4.69, 9.17) is 4.74 Å². The number of benzene rings is 1. The van der Waals surface area contributed by atoms with Crippen molar-refractivity contribution in [3.63, 3.8) is 0 Å². The Balaban J connectivity index is 2.43. The van der Waals surface area contributed by atoms with Gasteiger partial charge in [-0.15, -0.1) is 0 Å². The third kappa shape index (κ3) is 2.19. The normalized spacial score (nSPS) is 11.3. The number of fused-ring (bicyclic) bond motifs is 3. The molecule has 0 bridgehead atoms. The maximum Gasteiger partial charge on any atom is 0.360 e. The molecule has 0 aliphatic rings. The number of aromatic nitrogens is 2. The molecule has 0 saturated carbocycles. The molecule has 2 heterocycles. The standard InChI is InChI=1S/C15H12Br2N2O3/c1-3-22-15(21)12-14(20)11-8-4-7(16)5-9(17)13(8)19(2)10(11)6-18-12/h4-6,20H,3H2,1-2H3. The zero-order valence-corrected chi connectivity index (χ0v) is 15.0. The number of carbonyl (C=O) groups excluding carboxylic acids is 1. The zero-order chi connectivity index (χ0) is 16.0. The molecule has 0 atom stereocenters. The van der Waals surface area contributed by atoms with Gasteiger partial charge in [0.1, 0.15) is 0 Å². The maximum absolute atomic E-state index is 11.9. The molecule has 7 heteroatoms. The molecule has 0 radical (unpaired) electrons. The molecule has 0 fully saturated rings. The molecule has 0 aliphatic carbocycles. The first-order valence-corrected chi connectivity index (χ1v) is 8.16. The van der Waals surface area contributed by atoms with Crippen molar-refractivity contribution in [3.8, 4) is 5.75 Å². The van der Waals surface area contributed by atoms with Gasteiger partial charge in [0.2, 0.25) is 0 Å². The highest BCUT2D eigenvalue weighted by molar-refractivity contribution is 9.11. The van der Waals surface area contributed by atoms with E-state index in [1.807, 2.05) is 23.7 Å². The highest BCUT2D eigenvalue weighted by atomic mass is 79.9. The Morgan fingerprint density at radius 2 is 2.14 bits per heavy atom. The minimum absolute atomic E-state index is 0.0713. The largest absolute Gasteiger partial charge is 0.505 e. The summed E-state index contributed by atoms with van der Waals surface area (Å²) in [4.78, 5) is 16.0. The topological polar surface area (TPSA) is 64.3 Å². The minimum Gasteiger partial charge on any atom is -0.505 e. The molecule has 3 rings (SSSR count). The number of halogens is 2. The van der Waals surface area contributed by atoms with E-state index in [2.05, 4.69) is 36.8 Å². The Morgan fingerprint density at radius 1 is 1.41 bits per heavy atom. The van der Waals surface area contributed by atoms with E-state index in [0.29, 0.717) is 5.39 Å². The molecule has 22 heavy (non-hydrogen) atoms. The number of ether oxygens (including phenoxy) is 1. The second-order valence-corrected chi connectivity index (χ2v) is 6.55. The number of carbonyl (C=O) groups is 1. The Labute approximate surface area is 143 Å². The fourth-order valence-electron chi connectivity index (χ4n) is 2.58. The molecule has 1 N–H and O–H groups in total. The third-order valence-electron chi connectivity index (χ3n) is 3.50. The van der Waals surface area contributed by atoms with Crippen LogP contribution in [0.25, 0.3) is 21.8 Å². The number of pyridine rings is 1. The van der Waals surface area contributed by atoms with Crippen molar-refractivity contribution < 1.29 is 14.6 Å². The molecular formula is C15H12Br2N2O3. The maximum atomic E-state index is 11.9. The average Bonchev–Trinajstić information content (AvgIpc) is 2.73. The van der Waals surface area contributed by atoms with Crippen molar-refractivity contribution in [3.05, 3.63) is 33.0 Å². The second-order valence-electron chi connectivity index (χ2n) is 4.78. The van der Waals surface area contributed by atoms with Crippen molar-refractivity contribution >= 4 is 59.6 Å². The van der Waals surface area contributed by atoms with Gasteiger partial charge in [-0.05, 0) is 35.0 Å². The van der Waals surface area contributed by atoms with Crippen molar-refractivity contribution in [2.75, 3.05) is 6.61 Å². The predicted octanol–water partition coefficient (Wildman–Crippen LogP) is 4.13. The molecule has 5 nitrogen and oxygen atoms in total. The van der Waals surface area contributed by atoms with Gasteiger partial charge in [0.25, 0.3) is 0 Å². The number of nitrogens with zero attached hydrogens (tertiary/aromatic N) is 2. The Kier molecular flexibility index (Phi) is 3.86. The summed E-state index contributed by atoms with van der Waals surface area (Å²) in [7, 11) is 1.88. The first kappa shape index (κ1) is 15.3. The third-order valence-corrected chi connectivity index (χ3v) is 4.56. The molecule has 0 amide bonds.